The Balaban J connectivity index is 1.61. The van der Waals surface area contributed by atoms with Crippen LogP contribution in [0, 0.1) is 6.92 Å². The van der Waals surface area contributed by atoms with Crippen LogP contribution in [0.25, 0.3) is 0 Å². The van der Waals surface area contributed by atoms with Crippen molar-refractivity contribution < 1.29 is 18.7 Å². The molecule has 0 bridgehead atoms. The summed E-state index contributed by atoms with van der Waals surface area (Å²) >= 11 is 0. The van der Waals surface area contributed by atoms with Gasteiger partial charge in [0.05, 0.1) is 13.2 Å². The summed E-state index contributed by atoms with van der Waals surface area (Å²) in [6.45, 7) is 3.47. The number of amides is 1. The molecule has 1 fully saturated rings. The van der Waals surface area contributed by atoms with Crippen LogP contribution in [0.2, 0.25) is 0 Å². The van der Waals surface area contributed by atoms with Gasteiger partial charge >= 0.3 is 0 Å². The number of aromatic nitrogens is 2. The number of benzene rings is 1. The minimum absolute atomic E-state index is 0.0131. The first-order valence-corrected chi connectivity index (χ1v) is 7.64. The van der Waals surface area contributed by atoms with Gasteiger partial charge in [-0.2, -0.15) is 0 Å². The second kappa shape index (κ2) is 5.66. The predicted octanol–water partition coefficient (Wildman–Crippen LogP) is 1.45. The van der Waals surface area contributed by atoms with Gasteiger partial charge in [0.2, 0.25) is 17.7 Å². The van der Waals surface area contributed by atoms with E-state index in [1.807, 2.05) is 24.3 Å². The van der Waals surface area contributed by atoms with E-state index in [1.54, 1.807) is 11.8 Å². The largest absolute Gasteiger partial charge is 0.492 e. The summed E-state index contributed by atoms with van der Waals surface area (Å²) in [5, 5.41) is 7.91. The lowest BCUT2D eigenvalue weighted by atomic mass is 9.98. The number of rotatable bonds is 2. The Hall–Kier alpha value is -2.41. The zero-order valence-electron chi connectivity index (χ0n) is 12.8. The van der Waals surface area contributed by atoms with Crippen LogP contribution in [0.5, 0.6) is 5.75 Å². The number of para-hydroxylation sites is 1. The lowest BCUT2D eigenvalue weighted by Gasteiger charge is -2.34. The maximum absolute atomic E-state index is 13.1. The van der Waals surface area contributed by atoms with Gasteiger partial charge < -0.3 is 18.8 Å². The minimum Gasteiger partial charge on any atom is -0.492 e. The van der Waals surface area contributed by atoms with Gasteiger partial charge in [-0.15, -0.1) is 10.2 Å². The Morgan fingerprint density at radius 2 is 2.13 bits per heavy atom. The smallest absolute Gasteiger partial charge is 0.241 e. The van der Waals surface area contributed by atoms with Crippen LogP contribution >= 0.6 is 0 Å². The zero-order valence-corrected chi connectivity index (χ0v) is 12.8. The molecule has 2 aliphatic rings. The van der Waals surface area contributed by atoms with E-state index in [4.69, 9.17) is 13.9 Å². The number of fused-ring (bicyclic) bond motifs is 1. The normalized spacial score (nSPS) is 23.4. The topological polar surface area (TPSA) is 77.7 Å². The molecule has 1 saturated heterocycles. The third-order valence-electron chi connectivity index (χ3n) is 4.24. The van der Waals surface area contributed by atoms with Gasteiger partial charge in [-0.05, 0) is 6.07 Å². The van der Waals surface area contributed by atoms with Crippen molar-refractivity contribution >= 4 is 5.91 Å². The average Bonchev–Trinajstić information content (AvgIpc) is 3.20. The van der Waals surface area contributed by atoms with Crippen molar-refractivity contribution in [3.05, 3.63) is 41.6 Å². The minimum atomic E-state index is -0.342. The Labute approximate surface area is 133 Å². The zero-order chi connectivity index (χ0) is 15.8. The molecule has 23 heavy (non-hydrogen) atoms. The summed E-state index contributed by atoms with van der Waals surface area (Å²) < 4.78 is 16.7. The molecule has 7 heteroatoms. The fraction of sp³-hybridized carbons (Fsp3) is 0.438. The van der Waals surface area contributed by atoms with E-state index < -0.39 is 0 Å². The fourth-order valence-corrected chi connectivity index (χ4v) is 3.09. The summed E-state index contributed by atoms with van der Waals surface area (Å²) in [6.07, 6.45) is 0. The van der Waals surface area contributed by atoms with E-state index in [0.29, 0.717) is 38.1 Å². The van der Waals surface area contributed by atoms with E-state index in [0.717, 1.165) is 11.3 Å². The van der Waals surface area contributed by atoms with E-state index in [-0.39, 0.29) is 17.9 Å². The molecule has 2 aliphatic heterocycles. The monoisotopic (exact) mass is 315 g/mol. The first kappa shape index (κ1) is 14.2. The molecule has 120 valence electrons. The first-order chi connectivity index (χ1) is 11.2. The molecule has 0 saturated carbocycles. The first-order valence-electron chi connectivity index (χ1n) is 7.64. The van der Waals surface area contributed by atoms with Crippen LogP contribution in [0.1, 0.15) is 29.3 Å². The van der Waals surface area contributed by atoms with Gasteiger partial charge in [-0.1, -0.05) is 18.2 Å². The molecule has 0 aliphatic carbocycles. The molecule has 4 rings (SSSR count). The number of carbonyl (C=O) groups excluding carboxylic acids is 1. The molecular formula is C16H17N3O4. The van der Waals surface area contributed by atoms with E-state index >= 15 is 0 Å². The van der Waals surface area contributed by atoms with Crippen molar-refractivity contribution in [3.63, 3.8) is 0 Å². The second-order valence-electron chi connectivity index (χ2n) is 5.68. The number of nitrogens with zero attached hydrogens (tertiary/aromatic N) is 3. The number of morpholine rings is 1. The molecule has 1 aromatic heterocycles. The molecule has 0 spiro atoms. The van der Waals surface area contributed by atoms with Gasteiger partial charge in [-0.25, -0.2) is 0 Å². The van der Waals surface area contributed by atoms with E-state index in [9.17, 15) is 4.79 Å². The second-order valence-corrected chi connectivity index (χ2v) is 5.68. The third kappa shape index (κ3) is 2.46. The molecule has 2 atom stereocenters. The standard InChI is InChI=1S/C16H17N3O4/c1-10-17-18-15(23-10)13-9-21-7-6-19(13)16(20)12-8-22-14-5-3-2-4-11(12)14/h2-5,12-13H,6-9H2,1H3/t12-,13-/m1/s1. The summed E-state index contributed by atoms with van der Waals surface area (Å²) in [5.74, 6) is 1.40. The van der Waals surface area contributed by atoms with Crippen LogP contribution in [-0.2, 0) is 9.53 Å². The number of hydrogen-bond donors (Lipinski definition) is 0. The fourth-order valence-electron chi connectivity index (χ4n) is 3.09. The Morgan fingerprint density at radius 1 is 1.26 bits per heavy atom. The molecule has 0 radical (unpaired) electrons. The summed E-state index contributed by atoms with van der Waals surface area (Å²) in [6, 6.07) is 7.32. The molecule has 7 nitrogen and oxygen atoms in total. The maximum Gasteiger partial charge on any atom is 0.241 e. The van der Waals surface area contributed by atoms with Crippen molar-refractivity contribution in [2.45, 2.75) is 18.9 Å². The Morgan fingerprint density at radius 3 is 2.96 bits per heavy atom. The molecule has 0 N–H and O–H groups in total. The van der Waals surface area contributed by atoms with Crippen LogP contribution in [0.4, 0.5) is 0 Å². The van der Waals surface area contributed by atoms with Crippen molar-refractivity contribution in [1.82, 2.24) is 15.1 Å². The van der Waals surface area contributed by atoms with Gasteiger partial charge in [0, 0.05) is 19.0 Å². The number of hydrogen-bond acceptors (Lipinski definition) is 6. The molecule has 1 amide bonds. The van der Waals surface area contributed by atoms with Crippen molar-refractivity contribution in [2.75, 3.05) is 26.4 Å². The van der Waals surface area contributed by atoms with E-state index in [2.05, 4.69) is 10.2 Å². The quantitative estimate of drug-likeness (QED) is 0.835. The van der Waals surface area contributed by atoms with Crippen LogP contribution in [0.15, 0.2) is 28.7 Å². The van der Waals surface area contributed by atoms with E-state index in [1.165, 1.54) is 0 Å². The SMILES string of the molecule is Cc1nnc([C@H]2COCCN2C(=O)[C@@H]2COc3ccccc32)o1. The average molecular weight is 315 g/mol. The molecular weight excluding hydrogens is 298 g/mol. The molecule has 2 aromatic rings. The van der Waals surface area contributed by atoms with Crippen LogP contribution in [-0.4, -0.2) is 47.4 Å². The highest BCUT2D eigenvalue weighted by Gasteiger charge is 2.39. The van der Waals surface area contributed by atoms with Crippen molar-refractivity contribution in [3.8, 4) is 5.75 Å². The van der Waals surface area contributed by atoms with Crippen LogP contribution in [0.3, 0.4) is 0 Å². The van der Waals surface area contributed by atoms with Crippen molar-refractivity contribution in [1.29, 1.82) is 0 Å². The Kier molecular flexibility index (Phi) is 3.49. The van der Waals surface area contributed by atoms with Gasteiger partial charge in [-0.3, -0.25) is 4.79 Å². The number of ether oxygens (including phenoxy) is 2. The summed E-state index contributed by atoms with van der Waals surface area (Å²) in [5.41, 5.74) is 0.935. The lowest BCUT2D eigenvalue weighted by Crippen LogP contribution is -2.45. The van der Waals surface area contributed by atoms with Crippen LogP contribution < -0.4 is 4.74 Å². The third-order valence-corrected chi connectivity index (χ3v) is 4.24. The highest BCUT2D eigenvalue weighted by molar-refractivity contribution is 5.86. The maximum atomic E-state index is 13.1. The van der Waals surface area contributed by atoms with Crippen molar-refractivity contribution in [2.24, 2.45) is 0 Å². The predicted molar refractivity (Wildman–Crippen MR) is 79.0 cm³/mol. The summed E-state index contributed by atoms with van der Waals surface area (Å²) in [4.78, 5) is 14.8. The Bertz CT molecular complexity index is 730. The highest BCUT2D eigenvalue weighted by Crippen LogP contribution is 2.36. The van der Waals surface area contributed by atoms with Gasteiger partial charge in [0.1, 0.15) is 24.3 Å². The molecule has 1 aromatic carbocycles. The lowest BCUT2D eigenvalue weighted by molar-refractivity contribution is -0.143. The van der Waals surface area contributed by atoms with Gasteiger partial charge in [0.25, 0.3) is 0 Å². The number of carbonyl (C=O) groups is 1. The number of aryl methyl sites for hydroxylation is 1. The highest BCUT2D eigenvalue weighted by atomic mass is 16.5. The van der Waals surface area contributed by atoms with Gasteiger partial charge in [0.15, 0.2) is 0 Å². The molecule has 0 unspecified atom stereocenters. The summed E-state index contributed by atoms with van der Waals surface area (Å²) in [7, 11) is 0. The molecule has 3 heterocycles.